The normalized spacial score (nSPS) is 14.3. The van der Waals surface area contributed by atoms with Crippen molar-refractivity contribution in [1.82, 2.24) is 15.0 Å². The summed E-state index contributed by atoms with van der Waals surface area (Å²) in [4.78, 5) is 14.8. The first-order chi connectivity index (χ1) is 11.8. The van der Waals surface area contributed by atoms with Crippen LogP contribution in [0.5, 0.6) is 0 Å². The zero-order valence-corrected chi connectivity index (χ0v) is 13.7. The summed E-state index contributed by atoms with van der Waals surface area (Å²) in [7, 11) is 0. The van der Waals surface area contributed by atoms with Gasteiger partial charge in [-0.05, 0) is 35.7 Å². The molecular formula is C19H15ClN4. The summed E-state index contributed by atoms with van der Waals surface area (Å²) in [6, 6.07) is 14.5. The van der Waals surface area contributed by atoms with Gasteiger partial charge in [0.15, 0.2) is 5.82 Å². The molecule has 1 aliphatic heterocycles. The van der Waals surface area contributed by atoms with Crippen LogP contribution in [0.1, 0.15) is 11.1 Å². The Morgan fingerprint density at radius 3 is 2.83 bits per heavy atom. The second-order valence-corrected chi connectivity index (χ2v) is 6.61. The third kappa shape index (κ3) is 2.07. The van der Waals surface area contributed by atoms with Crippen molar-refractivity contribution < 1.29 is 0 Å². The number of nitrogens with one attached hydrogen (secondary N) is 1. The third-order valence-electron chi connectivity index (χ3n) is 4.75. The first-order valence-corrected chi connectivity index (χ1v) is 8.41. The quantitative estimate of drug-likeness (QED) is 0.563. The van der Waals surface area contributed by atoms with Crippen LogP contribution in [0.15, 0.2) is 48.8 Å². The number of anilines is 1. The zero-order valence-electron chi connectivity index (χ0n) is 13.0. The number of hydrogen-bond donors (Lipinski definition) is 1. The van der Waals surface area contributed by atoms with Gasteiger partial charge in [0.05, 0.1) is 0 Å². The smallest absolute Gasteiger partial charge is 0.156 e. The van der Waals surface area contributed by atoms with Crippen molar-refractivity contribution in [2.45, 2.75) is 13.0 Å². The molecule has 0 fully saturated rings. The minimum atomic E-state index is 0.718. The third-order valence-corrected chi connectivity index (χ3v) is 4.99. The molecule has 24 heavy (non-hydrogen) atoms. The molecule has 0 aliphatic carbocycles. The summed E-state index contributed by atoms with van der Waals surface area (Å²) in [5.74, 6) is 0.960. The van der Waals surface area contributed by atoms with Gasteiger partial charge in [-0.25, -0.2) is 9.97 Å². The Balaban J connectivity index is 1.66. The van der Waals surface area contributed by atoms with E-state index in [4.69, 9.17) is 11.6 Å². The highest BCUT2D eigenvalue weighted by Gasteiger charge is 2.20. The van der Waals surface area contributed by atoms with Crippen molar-refractivity contribution >= 4 is 39.4 Å². The summed E-state index contributed by atoms with van der Waals surface area (Å²) in [5.41, 5.74) is 5.75. The van der Waals surface area contributed by atoms with Gasteiger partial charge >= 0.3 is 0 Å². The number of benzene rings is 2. The molecule has 3 heterocycles. The fourth-order valence-corrected chi connectivity index (χ4v) is 3.74. The minimum Gasteiger partial charge on any atom is -0.350 e. The second-order valence-electron chi connectivity index (χ2n) is 6.18. The average molecular weight is 335 g/mol. The number of nitrogens with zero attached hydrogens (tertiary/aromatic N) is 3. The standard InChI is InChI=1S/C19H15ClN4/c20-14-5-6-16-15(9-14)17-18(23-16)19(22-11-21-17)24-8-7-12-3-1-2-4-13(12)10-24/h1-6,9,11,23H,7-8,10H2. The molecule has 2 aromatic carbocycles. The van der Waals surface area contributed by atoms with Crippen LogP contribution >= 0.6 is 11.6 Å². The molecule has 2 aromatic heterocycles. The summed E-state index contributed by atoms with van der Waals surface area (Å²) in [5, 5.41) is 1.76. The predicted molar refractivity (Wildman–Crippen MR) is 97.6 cm³/mol. The molecular weight excluding hydrogens is 320 g/mol. The fourth-order valence-electron chi connectivity index (χ4n) is 3.57. The highest BCUT2D eigenvalue weighted by atomic mass is 35.5. The SMILES string of the molecule is Clc1ccc2[nH]c3c(N4CCc5ccccc5C4)ncnc3c2c1. The van der Waals surface area contributed by atoms with Crippen molar-refractivity contribution in [2.24, 2.45) is 0 Å². The van der Waals surface area contributed by atoms with E-state index >= 15 is 0 Å². The van der Waals surface area contributed by atoms with E-state index in [1.165, 1.54) is 11.1 Å². The highest BCUT2D eigenvalue weighted by molar-refractivity contribution is 6.31. The molecule has 0 unspecified atom stereocenters. The van der Waals surface area contributed by atoms with Gasteiger partial charge < -0.3 is 9.88 Å². The van der Waals surface area contributed by atoms with Crippen LogP contribution in [-0.2, 0) is 13.0 Å². The fraction of sp³-hybridized carbons (Fsp3) is 0.158. The van der Waals surface area contributed by atoms with E-state index in [1.54, 1.807) is 6.33 Å². The van der Waals surface area contributed by atoms with Crippen molar-refractivity contribution in [2.75, 3.05) is 11.4 Å². The highest BCUT2D eigenvalue weighted by Crippen LogP contribution is 2.32. The summed E-state index contributed by atoms with van der Waals surface area (Å²) in [6.07, 6.45) is 2.68. The van der Waals surface area contributed by atoms with Gasteiger partial charge in [-0.1, -0.05) is 35.9 Å². The van der Waals surface area contributed by atoms with Gasteiger partial charge in [0.25, 0.3) is 0 Å². The van der Waals surface area contributed by atoms with Gasteiger partial charge in [-0.15, -0.1) is 0 Å². The molecule has 1 aliphatic rings. The van der Waals surface area contributed by atoms with E-state index in [2.05, 4.69) is 44.1 Å². The summed E-state index contributed by atoms with van der Waals surface area (Å²) in [6.45, 7) is 1.83. The monoisotopic (exact) mass is 334 g/mol. The Bertz CT molecular complexity index is 1070. The Kier molecular flexibility index (Phi) is 3.00. The van der Waals surface area contributed by atoms with E-state index in [-0.39, 0.29) is 0 Å². The number of rotatable bonds is 1. The van der Waals surface area contributed by atoms with Gasteiger partial charge in [-0.3, -0.25) is 0 Å². The predicted octanol–water partition coefficient (Wildman–Crippen LogP) is 4.33. The second kappa shape index (κ2) is 5.21. The number of fused-ring (bicyclic) bond motifs is 4. The molecule has 5 heteroatoms. The van der Waals surface area contributed by atoms with E-state index in [0.717, 1.165) is 52.3 Å². The lowest BCUT2D eigenvalue weighted by atomic mass is 10.00. The molecule has 118 valence electrons. The number of halogens is 1. The maximum atomic E-state index is 6.15. The first-order valence-electron chi connectivity index (χ1n) is 8.03. The molecule has 1 N–H and O–H groups in total. The average Bonchev–Trinajstić information content (AvgIpc) is 2.99. The van der Waals surface area contributed by atoms with Crippen molar-refractivity contribution in [3.05, 3.63) is 64.9 Å². The van der Waals surface area contributed by atoms with Crippen molar-refractivity contribution in [1.29, 1.82) is 0 Å². The molecule has 0 spiro atoms. The number of aromatic amines is 1. The molecule has 4 aromatic rings. The van der Waals surface area contributed by atoms with Crippen LogP contribution in [0.2, 0.25) is 5.02 Å². The molecule has 0 saturated heterocycles. The van der Waals surface area contributed by atoms with Gasteiger partial charge in [0.2, 0.25) is 0 Å². The van der Waals surface area contributed by atoms with Crippen LogP contribution in [0.4, 0.5) is 5.82 Å². The van der Waals surface area contributed by atoms with Gasteiger partial charge in [0, 0.05) is 29.0 Å². The number of hydrogen-bond acceptors (Lipinski definition) is 3. The summed E-state index contributed by atoms with van der Waals surface area (Å²) >= 11 is 6.15. The molecule has 0 atom stereocenters. The van der Waals surface area contributed by atoms with Crippen LogP contribution in [-0.4, -0.2) is 21.5 Å². The van der Waals surface area contributed by atoms with Crippen LogP contribution in [0.3, 0.4) is 0 Å². The first kappa shape index (κ1) is 13.8. The summed E-state index contributed by atoms with van der Waals surface area (Å²) < 4.78 is 0. The lowest BCUT2D eigenvalue weighted by Crippen LogP contribution is -2.31. The van der Waals surface area contributed by atoms with Crippen LogP contribution in [0.25, 0.3) is 21.9 Å². The maximum Gasteiger partial charge on any atom is 0.156 e. The zero-order chi connectivity index (χ0) is 16.1. The Morgan fingerprint density at radius 2 is 1.92 bits per heavy atom. The van der Waals surface area contributed by atoms with E-state index in [0.29, 0.717) is 0 Å². The molecule has 5 rings (SSSR count). The van der Waals surface area contributed by atoms with Crippen LogP contribution < -0.4 is 4.90 Å². The Hall–Kier alpha value is -2.59. The van der Waals surface area contributed by atoms with Crippen molar-refractivity contribution in [3.8, 4) is 0 Å². The lowest BCUT2D eigenvalue weighted by molar-refractivity contribution is 0.722. The van der Waals surface area contributed by atoms with Gasteiger partial charge in [-0.2, -0.15) is 0 Å². The molecule has 4 nitrogen and oxygen atoms in total. The van der Waals surface area contributed by atoms with E-state index in [1.807, 2.05) is 18.2 Å². The topological polar surface area (TPSA) is 44.8 Å². The van der Waals surface area contributed by atoms with E-state index in [9.17, 15) is 0 Å². The lowest BCUT2D eigenvalue weighted by Gasteiger charge is -2.29. The Morgan fingerprint density at radius 1 is 1.04 bits per heavy atom. The largest absolute Gasteiger partial charge is 0.350 e. The minimum absolute atomic E-state index is 0.718. The number of aromatic nitrogens is 3. The van der Waals surface area contributed by atoms with Gasteiger partial charge in [0.1, 0.15) is 17.4 Å². The molecule has 0 bridgehead atoms. The molecule has 0 saturated carbocycles. The maximum absolute atomic E-state index is 6.15. The van der Waals surface area contributed by atoms with Crippen molar-refractivity contribution in [3.63, 3.8) is 0 Å². The van der Waals surface area contributed by atoms with Crippen LogP contribution in [0, 0.1) is 0 Å². The van der Waals surface area contributed by atoms with E-state index < -0.39 is 0 Å². The Labute approximate surface area is 144 Å². The molecule has 0 amide bonds. The number of H-pyrrole nitrogens is 1. The molecule has 0 radical (unpaired) electrons.